The lowest BCUT2D eigenvalue weighted by molar-refractivity contribution is 0.416. The van der Waals surface area contributed by atoms with Gasteiger partial charge in [0.15, 0.2) is 0 Å². The molecule has 0 spiro atoms. The van der Waals surface area contributed by atoms with Crippen LogP contribution in [0.3, 0.4) is 0 Å². The zero-order valence-corrected chi connectivity index (χ0v) is 16.3. The minimum atomic E-state index is 0.490. The molecule has 144 valence electrons. The van der Waals surface area contributed by atoms with Gasteiger partial charge in [0.2, 0.25) is 0 Å². The van der Waals surface area contributed by atoms with Crippen LogP contribution in [0.1, 0.15) is 17.5 Å². The predicted molar refractivity (Wildman–Crippen MR) is 115 cm³/mol. The quantitative estimate of drug-likeness (QED) is 0.664. The molecule has 0 radical (unpaired) electrons. The summed E-state index contributed by atoms with van der Waals surface area (Å²) in [5.41, 5.74) is 4.97. The highest BCUT2D eigenvalue weighted by Crippen LogP contribution is 2.31. The molecule has 0 saturated carbocycles. The van der Waals surface area contributed by atoms with Crippen LogP contribution in [0.2, 0.25) is 0 Å². The molecular weight excluding hydrogens is 362 g/mol. The van der Waals surface area contributed by atoms with E-state index in [-0.39, 0.29) is 0 Å². The van der Waals surface area contributed by atoms with Crippen molar-refractivity contribution in [1.82, 2.24) is 9.61 Å². The van der Waals surface area contributed by atoms with Crippen LogP contribution in [0.25, 0.3) is 5.52 Å². The molecular formula is C23H21N5O. The number of fused-ring (bicyclic) bond motifs is 1. The van der Waals surface area contributed by atoms with Crippen LogP contribution in [-0.4, -0.2) is 16.7 Å². The van der Waals surface area contributed by atoms with E-state index < -0.39 is 0 Å². The largest absolute Gasteiger partial charge is 0.461 e. The number of aryl methyl sites for hydroxylation is 1. The molecule has 29 heavy (non-hydrogen) atoms. The minimum Gasteiger partial charge on any atom is -0.461 e. The van der Waals surface area contributed by atoms with Crippen LogP contribution in [-0.2, 0) is 0 Å². The number of nitriles is 1. The topological polar surface area (TPSA) is 74.4 Å². The van der Waals surface area contributed by atoms with Gasteiger partial charge in [-0.2, -0.15) is 10.4 Å². The molecule has 0 amide bonds. The average Bonchev–Trinajstić information content (AvgIpc) is 2.92. The molecule has 0 unspecified atom stereocenters. The second-order valence-corrected chi connectivity index (χ2v) is 6.66. The molecule has 0 fully saturated rings. The van der Waals surface area contributed by atoms with E-state index in [0.29, 0.717) is 12.0 Å². The Kier molecular flexibility index (Phi) is 5.04. The molecule has 2 N–H and O–H groups in total. The normalized spacial score (nSPS) is 13.3. The van der Waals surface area contributed by atoms with Gasteiger partial charge in [0.1, 0.15) is 17.6 Å². The maximum atomic E-state index is 9.60. The van der Waals surface area contributed by atoms with Crippen molar-refractivity contribution in [2.45, 2.75) is 13.3 Å². The Bertz CT molecular complexity index is 1180. The SMILES string of the molecule is CNc1cn2ncc(C#N)c(NC3=CC=C(Oc4ccccc4)CC=C3)c2c1C. The Morgan fingerprint density at radius 2 is 2.03 bits per heavy atom. The highest BCUT2D eigenvalue weighted by molar-refractivity contribution is 5.86. The summed E-state index contributed by atoms with van der Waals surface area (Å²) < 4.78 is 7.73. The average molecular weight is 383 g/mol. The summed E-state index contributed by atoms with van der Waals surface area (Å²) in [6.07, 6.45) is 12.1. The third kappa shape index (κ3) is 3.71. The summed E-state index contributed by atoms with van der Waals surface area (Å²) in [6.45, 7) is 2.01. The number of anilines is 2. The van der Waals surface area contributed by atoms with E-state index in [9.17, 15) is 5.26 Å². The summed E-state index contributed by atoms with van der Waals surface area (Å²) in [5, 5.41) is 20.5. The Hall–Kier alpha value is -3.98. The van der Waals surface area contributed by atoms with Gasteiger partial charge in [-0.15, -0.1) is 0 Å². The van der Waals surface area contributed by atoms with Crippen molar-refractivity contribution >= 4 is 16.9 Å². The molecule has 0 aliphatic heterocycles. The van der Waals surface area contributed by atoms with Crippen LogP contribution in [0.4, 0.5) is 11.4 Å². The fraction of sp³-hybridized carbons (Fsp3) is 0.130. The highest BCUT2D eigenvalue weighted by atomic mass is 16.5. The van der Waals surface area contributed by atoms with Gasteiger partial charge in [-0.1, -0.05) is 24.3 Å². The number of aromatic nitrogens is 2. The van der Waals surface area contributed by atoms with Gasteiger partial charge in [-0.3, -0.25) is 0 Å². The zero-order chi connectivity index (χ0) is 20.2. The van der Waals surface area contributed by atoms with Gasteiger partial charge < -0.3 is 15.4 Å². The summed E-state index contributed by atoms with van der Waals surface area (Å²) in [5.74, 6) is 1.66. The summed E-state index contributed by atoms with van der Waals surface area (Å²) in [7, 11) is 1.87. The van der Waals surface area contributed by atoms with E-state index in [1.807, 2.05) is 74.8 Å². The fourth-order valence-electron chi connectivity index (χ4n) is 3.30. The van der Waals surface area contributed by atoms with E-state index in [4.69, 9.17) is 4.74 Å². The lowest BCUT2D eigenvalue weighted by Crippen LogP contribution is -2.04. The van der Waals surface area contributed by atoms with Crippen LogP contribution in [0.5, 0.6) is 5.75 Å². The predicted octanol–water partition coefficient (Wildman–Crippen LogP) is 4.77. The van der Waals surface area contributed by atoms with Gasteiger partial charge in [-0.05, 0) is 37.3 Å². The van der Waals surface area contributed by atoms with Crippen molar-refractivity contribution in [3.63, 3.8) is 0 Å². The molecule has 6 heteroatoms. The number of para-hydroxylation sites is 1. The second-order valence-electron chi connectivity index (χ2n) is 6.66. The van der Waals surface area contributed by atoms with Crippen LogP contribution in [0, 0.1) is 18.3 Å². The molecule has 3 aromatic rings. The molecule has 1 aliphatic carbocycles. The molecule has 1 aliphatic rings. The fourth-order valence-corrected chi connectivity index (χ4v) is 3.30. The van der Waals surface area contributed by atoms with Gasteiger partial charge >= 0.3 is 0 Å². The van der Waals surface area contributed by atoms with Crippen molar-refractivity contribution in [1.29, 1.82) is 5.26 Å². The summed E-state index contributed by atoms with van der Waals surface area (Å²) in [6, 6.07) is 12.0. The van der Waals surface area contributed by atoms with Crippen LogP contribution in [0.15, 0.2) is 78.5 Å². The number of nitrogens with zero attached hydrogens (tertiary/aromatic N) is 3. The Labute approximate surface area is 169 Å². The number of hydrogen-bond acceptors (Lipinski definition) is 5. The van der Waals surface area contributed by atoms with Gasteiger partial charge in [0.05, 0.1) is 34.8 Å². The maximum Gasteiger partial charge on any atom is 0.126 e. The van der Waals surface area contributed by atoms with E-state index >= 15 is 0 Å². The van der Waals surface area contributed by atoms with Crippen LogP contribution < -0.4 is 15.4 Å². The lowest BCUT2D eigenvalue weighted by Gasteiger charge is -2.11. The molecule has 0 atom stereocenters. The molecule has 0 bridgehead atoms. The zero-order valence-electron chi connectivity index (χ0n) is 16.3. The Morgan fingerprint density at radius 1 is 1.21 bits per heavy atom. The van der Waals surface area contributed by atoms with Crippen molar-refractivity contribution in [2.75, 3.05) is 17.7 Å². The highest BCUT2D eigenvalue weighted by Gasteiger charge is 2.15. The lowest BCUT2D eigenvalue weighted by atomic mass is 10.1. The number of hydrogen-bond donors (Lipinski definition) is 2. The molecule has 2 aromatic heterocycles. The Morgan fingerprint density at radius 3 is 2.79 bits per heavy atom. The van der Waals surface area contributed by atoms with Crippen molar-refractivity contribution in [3.8, 4) is 11.8 Å². The number of ether oxygens (including phenoxy) is 1. The molecule has 0 saturated heterocycles. The Balaban J connectivity index is 1.67. The van der Waals surface area contributed by atoms with E-state index in [2.05, 4.69) is 21.8 Å². The first kappa shape index (κ1) is 18.4. The number of benzene rings is 1. The first-order valence-corrected chi connectivity index (χ1v) is 9.35. The molecule has 1 aromatic carbocycles. The summed E-state index contributed by atoms with van der Waals surface area (Å²) >= 11 is 0. The first-order chi connectivity index (χ1) is 14.2. The van der Waals surface area contributed by atoms with Crippen LogP contribution >= 0.6 is 0 Å². The van der Waals surface area contributed by atoms with Crippen molar-refractivity contribution in [2.24, 2.45) is 0 Å². The third-order valence-electron chi connectivity index (χ3n) is 4.77. The summed E-state index contributed by atoms with van der Waals surface area (Å²) in [4.78, 5) is 0. The number of nitrogens with one attached hydrogen (secondary N) is 2. The van der Waals surface area contributed by atoms with E-state index in [1.54, 1.807) is 10.7 Å². The first-order valence-electron chi connectivity index (χ1n) is 9.35. The minimum absolute atomic E-state index is 0.490. The second kappa shape index (κ2) is 7.95. The molecule has 6 nitrogen and oxygen atoms in total. The number of rotatable bonds is 5. The molecule has 4 rings (SSSR count). The van der Waals surface area contributed by atoms with Crippen molar-refractivity contribution in [3.05, 3.63) is 89.6 Å². The molecule has 2 heterocycles. The van der Waals surface area contributed by atoms with E-state index in [1.165, 1.54) is 0 Å². The third-order valence-corrected chi connectivity index (χ3v) is 4.77. The van der Waals surface area contributed by atoms with E-state index in [0.717, 1.165) is 39.7 Å². The maximum absolute atomic E-state index is 9.60. The smallest absolute Gasteiger partial charge is 0.126 e. The van der Waals surface area contributed by atoms with Crippen molar-refractivity contribution < 1.29 is 4.74 Å². The monoisotopic (exact) mass is 383 g/mol. The van der Waals surface area contributed by atoms with Gasteiger partial charge in [0.25, 0.3) is 0 Å². The van der Waals surface area contributed by atoms with Gasteiger partial charge in [0, 0.05) is 24.7 Å². The standard InChI is InChI=1S/C23H21N5O/c1-16-21(25-2)15-28-23(16)22(17(13-24)14-26-28)27-18-7-6-10-20(12-11-18)29-19-8-4-3-5-9-19/h3-9,11-12,14-15,25,27H,10H2,1-2H3. The number of allylic oxidation sites excluding steroid dienone is 4. The van der Waals surface area contributed by atoms with Gasteiger partial charge in [-0.25, -0.2) is 4.52 Å².